The van der Waals surface area contributed by atoms with Crippen LogP contribution in [0.3, 0.4) is 0 Å². The minimum Gasteiger partial charge on any atom is -0.302 e. The van der Waals surface area contributed by atoms with Gasteiger partial charge in [-0.25, -0.2) is 13.4 Å². The van der Waals surface area contributed by atoms with Crippen molar-refractivity contribution >= 4 is 42.4 Å². The van der Waals surface area contributed by atoms with Crippen molar-refractivity contribution < 1.29 is 13.2 Å². The largest absolute Gasteiger partial charge is 0.302 e. The molecule has 2 aromatic heterocycles. The number of nitrogens with one attached hydrogen (secondary N) is 1. The smallest absolute Gasteiger partial charge is 0.230 e. The van der Waals surface area contributed by atoms with Gasteiger partial charge in [0, 0.05) is 11.3 Å². The van der Waals surface area contributed by atoms with Crippen molar-refractivity contribution in [3.63, 3.8) is 0 Å². The SMILES string of the molecule is Cc1ccc2nc(NC(=O)Cc3c(C)nn(C4CCS(=O)(=O)C4)c3C)sc2c1. The molecule has 1 unspecified atom stereocenters. The molecule has 1 saturated heterocycles. The molecule has 7 nitrogen and oxygen atoms in total. The number of thiazole rings is 1. The van der Waals surface area contributed by atoms with E-state index in [0.29, 0.717) is 11.6 Å². The average molecular weight is 419 g/mol. The predicted octanol–water partition coefficient (Wildman–Crippen LogP) is 2.96. The summed E-state index contributed by atoms with van der Waals surface area (Å²) in [7, 11) is -2.99. The number of anilines is 1. The van der Waals surface area contributed by atoms with E-state index in [2.05, 4.69) is 21.5 Å². The maximum atomic E-state index is 12.6. The molecule has 0 aliphatic carbocycles. The number of rotatable bonds is 4. The number of aromatic nitrogens is 3. The van der Waals surface area contributed by atoms with Crippen molar-refractivity contribution in [1.82, 2.24) is 14.8 Å². The van der Waals surface area contributed by atoms with E-state index in [-0.39, 0.29) is 29.9 Å². The van der Waals surface area contributed by atoms with Crippen molar-refractivity contribution in [2.45, 2.75) is 39.7 Å². The van der Waals surface area contributed by atoms with E-state index < -0.39 is 9.84 Å². The van der Waals surface area contributed by atoms with Crippen LogP contribution in [0.1, 0.15) is 35.0 Å². The zero-order chi connectivity index (χ0) is 20.1. The summed E-state index contributed by atoms with van der Waals surface area (Å²) in [5, 5.41) is 7.98. The van der Waals surface area contributed by atoms with Crippen LogP contribution in [0.25, 0.3) is 10.2 Å². The third-order valence-electron chi connectivity index (χ3n) is 5.16. The summed E-state index contributed by atoms with van der Waals surface area (Å²) in [6.07, 6.45) is 0.757. The van der Waals surface area contributed by atoms with Crippen LogP contribution in [0.5, 0.6) is 0 Å². The third kappa shape index (κ3) is 3.68. The number of fused-ring (bicyclic) bond motifs is 1. The molecule has 1 aliphatic heterocycles. The fraction of sp³-hybridized carbons (Fsp3) is 0.421. The van der Waals surface area contributed by atoms with Crippen molar-refractivity contribution in [3.05, 3.63) is 40.7 Å². The fourth-order valence-corrected chi connectivity index (χ4v) is 6.36. The van der Waals surface area contributed by atoms with Crippen LogP contribution in [0, 0.1) is 20.8 Å². The maximum absolute atomic E-state index is 12.6. The predicted molar refractivity (Wildman–Crippen MR) is 111 cm³/mol. The summed E-state index contributed by atoms with van der Waals surface area (Å²) in [6.45, 7) is 5.78. The number of aryl methyl sites for hydroxylation is 2. The van der Waals surface area contributed by atoms with Gasteiger partial charge in [-0.3, -0.25) is 9.48 Å². The Morgan fingerprint density at radius 1 is 1.32 bits per heavy atom. The van der Waals surface area contributed by atoms with Gasteiger partial charge in [0.25, 0.3) is 0 Å². The van der Waals surface area contributed by atoms with E-state index in [0.717, 1.165) is 32.7 Å². The molecule has 0 spiro atoms. The van der Waals surface area contributed by atoms with Crippen molar-refractivity contribution in [2.75, 3.05) is 16.8 Å². The second kappa shape index (κ2) is 6.97. The van der Waals surface area contributed by atoms with Crippen LogP contribution in [-0.2, 0) is 21.1 Å². The molecule has 4 rings (SSSR count). The highest BCUT2D eigenvalue weighted by atomic mass is 32.2. The van der Waals surface area contributed by atoms with E-state index in [1.54, 1.807) is 4.68 Å². The second-order valence-electron chi connectivity index (χ2n) is 7.37. The summed E-state index contributed by atoms with van der Waals surface area (Å²) in [5.41, 5.74) is 4.49. The Morgan fingerprint density at radius 3 is 2.82 bits per heavy atom. The average Bonchev–Trinajstić information content (AvgIpc) is 3.25. The minimum atomic E-state index is -2.99. The van der Waals surface area contributed by atoms with Crippen LogP contribution in [0.2, 0.25) is 0 Å². The van der Waals surface area contributed by atoms with E-state index in [1.165, 1.54) is 11.3 Å². The molecule has 1 amide bonds. The first kappa shape index (κ1) is 19.1. The molecule has 0 saturated carbocycles. The number of carbonyl (C=O) groups excluding carboxylic acids is 1. The molecule has 1 aromatic carbocycles. The number of benzene rings is 1. The summed E-state index contributed by atoms with van der Waals surface area (Å²) >= 11 is 1.45. The normalized spacial score (nSPS) is 18.6. The topological polar surface area (TPSA) is 93.9 Å². The number of hydrogen-bond acceptors (Lipinski definition) is 6. The van der Waals surface area contributed by atoms with Gasteiger partial charge >= 0.3 is 0 Å². The van der Waals surface area contributed by atoms with E-state index in [1.807, 2.05) is 32.9 Å². The summed E-state index contributed by atoms with van der Waals surface area (Å²) in [4.78, 5) is 17.0. The molecule has 0 bridgehead atoms. The minimum absolute atomic E-state index is 0.117. The monoisotopic (exact) mass is 418 g/mol. The highest BCUT2D eigenvalue weighted by Gasteiger charge is 2.31. The number of carbonyl (C=O) groups is 1. The van der Waals surface area contributed by atoms with Crippen LogP contribution >= 0.6 is 11.3 Å². The van der Waals surface area contributed by atoms with E-state index >= 15 is 0 Å². The standard InChI is InChI=1S/C19H22N4O3S2/c1-11-4-5-16-17(8-11)27-19(20-16)21-18(24)9-15-12(2)22-23(13(15)3)14-6-7-28(25,26)10-14/h4-5,8,14H,6-7,9-10H2,1-3H3,(H,20,21,24). The first-order valence-electron chi connectivity index (χ1n) is 9.14. The van der Waals surface area contributed by atoms with Crippen molar-refractivity contribution in [2.24, 2.45) is 0 Å². The Morgan fingerprint density at radius 2 is 2.11 bits per heavy atom. The lowest BCUT2D eigenvalue weighted by atomic mass is 10.1. The Balaban J connectivity index is 1.51. The number of sulfone groups is 1. The molecule has 3 aromatic rings. The zero-order valence-electron chi connectivity index (χ0n) is 16.0. The molecule has 1 atom stereocenters. The molecular formula is C19H22N4O3S2. The molecule has 1 fully saturated rings. The van der Waals surface area contributed by atoms with Crippen molar-refractivity contribution in [1.29, 1.82) is 0 Å². The van der Waals surface area contributed by atoms with Gasteiger partial charge in [-0.1, -0.05) is 17.4 Å². The van der Waals surface area contributed by atoms with Gasteiger partial charge < -0.3 is 5.32 Å². The Bertz CT molecular complexity index is 1180. The highest BCUT2D eigenvalue weighted by Crippen LogP contribution is 2.28. The van der Waals surface area contributed by atoms with Gasteiger partial charge in [-0.15, -0.1) is 0 Å². The van der Waals surface area contributed by atoms with Gasteiger partial charge in [-0.2, -0.15) is 5.10 Å². The van der Waals surface area contributed by atoms with Crippen LogP contribution in [-0.4, -0.2) is 40.6 Å². The fourth-order valence-electron chi connectivity index (χ4n) is 3.69. The summed E-state index contributed by atoms with van der Waals surface area (Å²) < 4.78 is 26.4. The third-order valence-corrected chi connectivity index (χ3v) is 7.84. The van der Waals surface area contributed by atoms with Gasteiger partial charge in [0.1, 0.15) is 0 Å². The molecule has 9 heteroatoms. The molecule has 1 aliphatic rings. The number of amides is 1. The first-order valence-corrected chi connectivity index (χ1v) is 11.8. The quantitative estimate of drug-likeness (QED) is 0.703. The Hall–Kier alpha value is -2.26. The highest BCUT2D eigenvalue weighted by molar-refractivity contribution is 7.91. The molecular weight excluding hydrogens is 396 g/mol. The summed E-state index contributed by atoms with van der Waals surface area (Å²) in [6, 6.07) is 5.85. The molecule has 148 valence electrons. The molecule has 0 radical (unpaired) electrons. The van der Waals surface area contributed by atoms with Gasteiger partial charge in [0.2, 0.25) is 5.91 Å². The lowest BCUT2D eigenvalue weighted by Crippen LogP contribution is -2.16. The molecule has 1 N–H and O–H groups in total. The lowest BCUT2D eigenvalue weighted by molar-refractivity contribution is -0.115. The number of hydrogen-bond donors (Lipinski definition) is 1. The summed E-state index contributed by atoms with van der Waals surface area (Å²) in [5.74, 6) is 0.162. The number of nitrogens with zero attached hydrogens (tertiary/aromatic N) is 3. The van der Waals surface area contributed by atoms with Crippen LogP contribution < -0.4 is 5.32 Å². The Kier molecular flexibility index (Phi) is 4.75. The zero-order valence-corrected chi connectivity index (χ0v) is 17.7. The van der Waals surface area contributed by atoms with Gasteiger partial charge in [0.05, 0.1) is 39.9 Å². The Labute approximate surface area is 167 Å². The van der Waals surface area contributed by atoms with E-state index in [9.17, 15) is 13.2 Å². The van der Waals surface area contributed by atoms with Gasteiger partial charge in [0.15, 0.2) is 15.0 Å². The van der Waals surface area contributed by atoms with Gasteiger partial charge in [-0.05, 0) is 44.9 Å². The second-order valence-corrected chi connectivity index (χ2v) is 10.6. The molecule has 28 heavy (non-hydrogen) atoms. The first-order chi connectivity index (χ1) is 13.2. The molecule has 3 heterocycles. The maximum Gasteiger partial charge on any atom is 0.230 e. The van der Waals surface area contributed by atoms with Crippen LogP contribution in [0.4, 0.5) is 5.13 Å². The van der Waals surface area contributed by atoms with Crippen molar-refractivity contribution in [3.8, 4) is 0 Å². The van der Waals surface area contributed by atoms with Crippen LogP contribution in [0.15, 0.2) is 18.2 Å². The lowest BCUT2D eigenvalue weighted by Gasteiger charge is -2.11. The van der Waals surface area contributed by atoms with E-state index in [4.69, 9.17) is 0 Å².